The van der Waals surface area contributed by atoms with E-state index in [9.17, 15) is 18.0 Å². The molecule has 0 amide bonds. The molecule has 4 rings (SSSR count). The molecule has 2 aromatic rings. The van der Waals surface area contributed by atoms with E-state index in [2.05, 4.69) is 15.3 Å². The van der Waals surface area contributed by atoms with Crippen LogP contribution in [0.2, 0.25) is 0 Å². The minimum Gasteiger partial charge on any atom is -0.383 e. The number of aromatic nitrogens is 2. The van der Waals surface area contributed by atoms with Crippen LogP contribution >= 0.6 is 0 Å². The van der Waals surface area contributed by atoms with Gasteiger partial charge < -0.3 is 16.0 Å². The Kier molecular flexibility index (Phi) is 4.26. The molecule has 2 aromatic heterocycles. The van der Waals surface area contributed by atoms with E-state index in [-0.39, 0.29) is 15.7 Å². The number of fused-ring (bicyclic) bond motifs is 2. The zero-order valence-electron chi connectivity index (χ0n) is 14.3. The Bertz CT molecular complexity index is 888. The number of hydrogen-bond acceptors (Lipinski definition) is 6. The minimum absolute atomic E-state index is 0. The SMILES string of the molecule is Nc1ncccc1C(=O)c1nc(N2CC3CCC(C2)N3)ccc1C(F)(F)F.[HH].[HH].[HH]. The second-order valence-electron chi connectivity index (χ2n) is 6.87. The Morgan fingerprint density at radius 3 is 2.56 bits per heavy atom. The third-order valence-electron chi connectivity index (χ3n) is 5.02. The number of rotatable bonds is 3. The molecule has 2 unspecified atom stereocenters. The zero-order valence-corrected chi connectivity index (χ0v) is 14.3. The summed E-state index contributed by atoms with van der Waals surface area (Å²) in [4.78, 5) is 22.6. The molecule has 0 spiro atoms. The van der Waals surface area contributed by atoms with Gasteiger partial charge in [0.25, 0.3) is 0 Å². The molecule has 9 heteroatoms. The lowest BCUT2D eigenvalue weighted by Gasteiger charge is -2.34. The van der Waals surface area contributed by atoms with E-state index in [0.717, 1.165) is 18.9 Å². The van der Waals surface area contributed by atoms with E-state index >= 15 is 0 Å². The summed E-state index contributed by atoms with van der Waals surface area (Å²) in [7, 11) is 0. The highest BCUT2D eigenvalue weighted by atomic mass is 19.4. The fourth-order valence-electron chi connectivity index (χ4n) is 3.75. The lowest BCUT2D eigenvalue weighted by molar-refractivity contribution is -0.138. The molecule has 2 aliphatic rings. The number of nitrogens with one attached hydrogen (secondary N) is 1. The Morgan fingerprint density at radius 2 is 1.93 bits per heavy atom. The van der Waals surface area contributed by atoms with Crippen LogP contribution in [0.4, 0.5) is 24.8 Å². The van der Waals surface area contributed by atoms with E-state index in [0.29, 0.717) is 31.0 Å². The Hall–Kier alpha value is -2.68. The molecule has 2 bridgehead atoms. The molecule has 2 saturated heterocycles. The summed E-state index contributed by atoms with van der Waals surface area (Å²) < 4.78 is 40.4. The first-order valence-electron chi connectivity index (χ1n) is 8.67. The van der Waals surface area contributed by atoms with E-state index in [1.807, 2.05) is 4.90 Å². The largest absolute Gasteiger partial charge is 0.418 e. The number of nitrogens with two attached hydrogens (primary N) is 1. The molecule has 2 atom stereocenters. The van der Waals surface area contributed by atoms with Crippen molar-refractivity contribution in [3.8, 4) is 0 Å². The van der Waals surface area contributed by atoms with Gasteiger partial charge in [-0.2, -0.15) is 13.2 Å². The summed E-state index contributed by atoms with van der Waals surface area (Å²) in [5, 5.41) is 3.46. The number of carbonyl (C=O) groups excluding carboxylic acids is 1. The summed E-state index contributed by atoms with van der Waals surface area (Å²) in [6, 6.07) is 5.64. The van der Waals surface area contributed by atoms with Crippen LogP contribution in [0, 0.1) is 0 Å². The van der Waals surface area contributed by atoms with Gasteiger partial charge in [-0.3, -0.25) is 4.79 Å². The maximum atomic E-state index is 13.5. The summed E-state index contributed by atoms with van der Waals surface area (Å²) >= 11 is 0. The number of ketones is 1. The molecule has 3 N–H and O–H groups in total. The summed E-state index contributed by atoms with van der Waals surface area (Å²) in [5.41, 5.74) is 3.87. The molecule has 2 fully saturated rings. The summed E-state index contributed by atoms with van der Waals surface area (Å²) in [6.07, 6.45) is -1.27. The topological polar surface area (TPSA) is 84.1 Å². The molecular formula is C18H24F3N5O. The van der Waals surface area contributed by atoms with Crippen molar-refractivity contribution < 1.29 is 22.2 Å². The third kappa shape index (κ3) is 3.34. The molecule has 0 radical (unpaired) electrons. The fourth-order valence-corrected chi connectivity index (χ4v) is 3.75. The first-order valence-corrected chi connectivity index (χ1v) is 8.67. The number of alkyl halides is 3. The van der Waals surface area contributed by atoms with Crippen molar-refractivity contribution in [2.75, 3.05) is 23.7 Å². The predicted octanol–water partition coefficient (Wildman–Crippen LogP) is 2.99. The van der Waals surface area contributed by atoms with Gasteiger partial charge >= 0.3 is 6.18 Å². The summed E-state index contributed by atoms with van der Waals surface area (Å²) in [5.74, 6) is -0.636. The highest BCUT2D eigenvalue weighted by molar-refractivity contribution is 6.11. The normalized spacial score (nSPS) is 22.1. The molecule has 0 aromatic carbocycles. The van der Waals surface area contributed by atoms with E-state index < -0.39 is 23.2 Å². The molecule has 148 valence electrons. The second kappa shape index (κ2) is 6.49. The van der Waals surface area contributed by atoms with Crippen molar-refractivity contribution in [3.05, 3.63) is 47.3 Å². The van der Waals surface area contributed by atoms with Gasteiger partial charge in [0.05, 0.1) is 11.1 Å². The van der Waals surface area contributed by atoms with Crippen LogP contribution in [-0.4, -0.2) is 40.9 Å². The zero-order chi connectivity index (χ0) is 19.2. The molecule has 0 aliphatic carbocycles. The van der Waals surface area contributed by atoms with Gasteiger partial charge in [0, 0.05) is 35.6 Å². The van der Waals surface area contributed by atoms with E-state index in [4.69, 9.17) is 5.73 Å². The smallest absolute Gasteiger partial charge is 0.383 e. The number of piperazine rings is 1. The van der Waals surface area contributed by atoms with E-state index in [1.54, 1.807) is 0 Å². The van der Waals surface area contributed by atoms with Crippen LogP contribution in [0.3, 0.4) is 0 Å². The predicted molar refractivity (Wildman–Crippen MR) is 99.8 cm³/mol. The standard InChI is InChI=1S/C18H18F3N5O.3H2/c19-18(20,21)13-5-6-14(26-8-10-3-4-11(9-26)24-10)25-15(13)16(27)12-2-1-7-23-17(12)22;;;/h1-2,5-7,10-11,24H,3-4,8-9H2,(H2,22,23);3*1H. The maximum Gasteiger partial charge on any atom is 0.418 e. The van der Waals surface area contributed by atoms with Gasteiger partial charge in [-0.15, -0.1) is 0 Å². The maximum absolute atomic E-state index is 13.5. The Balaban J connectivity index is 0.00000150. The van der Waals surface area contributed by atoms with Crippen LogP contribution in [0.1, 0.15) is 38.7 Å². The fraction of sp³-hybridized carbons (Fsp3) is 0.389. The average molecular weight is 383 g/mol. The van der Waals surface area contributed by atoms with Crippen LogP contribution in [0.25, 0.3) is 0 Å². The monoisotopic (exact) mass is 383 g/mol. The van der Waals surface area contributed by atoms with Gasteiger partial charge in [-0.05, 0) is 37.1 Å². The third-order valence-corrected chi connectivity index (χ3v) is 5.02. The van der Waals surface area contributed by atoms with Crippen molar-refractivity contribution in [1.82, 2.24) is 15.3 Å². The highest BCUT2D eigenvalue weighted by Gasteiger charge is 2.38. The van der Waals surface area contributed by atoms with Crippen molar-refractivity contribution in [1.29, 1.82) is 0 Å². The number of pyridine rings is 2. The molecule has 0 saturated carbocycles. The number of halogens is 3. The van der Waals surface area contributed by atoms with Crippen molar-refractivity contribution in [3.63, 3.8) is 0 Å². The van der Waals surface area contributed by atoms with Gasteiger partial charge in [0.1, 0.15) is 17.3 Å². The Labute approximate surface area is 158 Å². The number of carbonyl (C=O) groups is 1. The van der Waals surface area contributed by atoms with Crippen molar-refractivity contribution >= 4 is 17.4 Å². The van der Waals surface area contributed by atoms with Crippen molar-refractivity contribution in [2.24, 2.45) is 0 Å². The lowest BCUT2D eigenvalue weighted by Crippen LogP contribution is -2.51. The van der Waals surface area contributed by atoms with Gasteiger partial charge in [0.15, 0.2) is 0 Å². The quantitative estimate of drug-likeness (QED) is 0.793. The molecule has 2 aliphatic heterocycles. The first-order chi connectivity index (χ1) is 12.8. The highest BCUT2D eigenvalue weighted by Crippen LogP contribution is 2.34. The number of anilines is 2. The van der Waals surface area contributed by atoms with Crippen LogP contribution in [0.15, 0.2) is 30.5 Å². The lowest BCUT2D eigenvalue weighted by atomic mass is 10.0. The van der Waals surface area contributed by atoms with Crippen molar-refractivity contribution in [2.45, 2.75) is 31.1 Å². The summed E-state index contributed by atoms with van der Waals surface area (Å²) in [6.45, 7) is 1.30. The first kappa shape index (κ1) is 17.7. The van der Waals surface area contributed by atoms with Gasteiger partial charge in [-0.25, -0.2) is 9.97 Å². The molecule has 27 heavy (non-hydrogen) atoms. The van der Waals surface area contributed by atoms with Gasteiger partial charge in [0.2, 0.25) is 5.78 Å². The second-order valence-corrected chi connectivity index (χ2v) is 6.87. The van der Waals surface area contributed by atoms with Crippen LogP contribution < -0.4 is 16.0 Å². The average Bonchev–Trinajstić information content (AvgIpc) is 2.98. The minimum atomic E-state index is -4.70. The van der Waals surface area contributed by atoms with E-state index in [1.165, 1.54) is 24.4 Å². The molecule has 4 heterocycles. The Morgan fingerprint density at radius 1 is 1.22 bits per heavy atom. The molecule has 6 nitrogen and oxygen atoms in total. The van der Waals surface area contributed by atoms with Crippen LogP contribution in [0.5, 0.6) is 0 Å². The number of hydrogen-bond donors (Lipinski definition) is 2. The molecular weight excluding hydrogens is 359 g/mol. The number of nitrogen functional groups attached to an aromatic ring is 1. The van der Waals surface area contributed by atoms with Gasteiger partial charge in [-0.1, -0.05) is 0 Å². The van der Waals surface area contributed by atoms with Crippen LogP contribution in [-0.2, 0) is 6.18 Å². The number of nitrogens with zero attached hydrogens (tertiary/aromatic N) is 3.